The number of hydrogen-bond acceptors (Lipinski definition) is 7. The van der Waals surface area contributed by atoms with Gasteiger partial charge in [-0.1, -0.05) is 44.1 Å². The molecule has 29 heavy (non-hydrogen) atoms. The second-order valence-electron chi connectivity index (χ2n) is 6.81. The minimum absolute atomic E-state index is 0.139. The van der Waals surface area contributed by atoms with Gasteiger partial charge in [0.1, 0.15) is 6.04 Å². The molecule has 0 fully saturated rings. The number of aromatic nitrogens is 2. The minimum Gasteiger partial charge on any atom is -0.339 e. The van der Waals surface area contributed by atoms with Crippen LogP contribution < -0.4 is 5.32 Å². The summed E-state index contributed by atoms with van der Waals surface area (Å²) in [6.45, 7) is 7.07. The van der Waals surface area contributed by atoms with Crippen molar-refractivity contribution >= 4 is 35.6 Å². The zero-order valence-electron chi connectivity index (χ0n) is 17.3. The van der Waals surface area contributed by atoms with Crippen molar-refractivity contribution in [2.75, 3.05) is 23.1 Å². The second-order valence-corrected chi connectivity index (χ2v) is 9.31. The van der Waals surface area contributed by atoms with Crippen LogP contribution in [0.4, 0.5) is 0 Å². The molecule has 2 rings (SSSR count). The van der Waals surface area contributed by atoms with E-state index in [0.29, 0.717) is 23.0 Å². The lowest BCUT2D eigenvalue weighted by atomic mass is 10.2. The van der Waals surface area contributed by atoms with Gasteiger partial charge in [0.25, 0.3) is 5.91 Å². The number of amides is 1. The van der Waals surface area contributed by atoms with E-state index < -0.39 is 0 Å². The van der Waals surface area contributed by atoms with Crippen molar-refractivity contribution in [3.8, 4) is 0 Å². The smallest absolute Gasteiger partial charge is 0.251 e. The number of hydrogen-bond donors (Lipinski definition) is 1. The third-order valence-electron chi connectivity index (χ3n) is 3.94. The highest BCUT2D eigenvalue weighted by atomic mass is 32.2. The Balaban J connectivity index is 1.88. The van der Waals surface area contributed by atoms with E-state index in [1.165, 1.54) is 0 Å². The van der Waals surface area contributed by atoms with Gasteiger partial charge in [-0.3, -0.25) is 9.79 Å². The molecule has 1 atom stereocenters. The number of thioether (sulfide) groups is 2. The van der Waals surface area contributed by atoms with Crippen LogP contribution in [0.5, 0.6) is 0 Å². The lowest BCUT2D eigenvalue weighted by Gasteiger charge is -2.15. The number of carbonyl (C=O) groups excluding carboxylic acids is 1. The van der Waals surface area contributed by atoms with Gasteiger partial charge in [0.2, 0.25) is 5.89 Å². The van der Waals surface area contributed by atoms with E-state index in [0.717, 1.165) is 30.2 Å². The molecule has 1 aromatic carbocycles. The summed E-state index contributed by atoms with van der Waals surface area (Å²) in [6, 6.07) is 8.86. The van der Waals surface area contributed by atoms with Crippen LogP contribution in [0, 0.1) is 0 Å². The first-order chi connectivity index (χ1) is 14.1. The van der Waals surface area contributed by atoms with E-state index in [1.54, 1.807) is 23.9 Å². The van der Waals surface area contributed by atoms with Gasteiger partial charge in [-0.25, -0.2) is 0 Å². The van der Waals surface area contributed by atoms with Crippen molar-refractivity contribution in [2.24, 2.45) is 4.99 Å². The fourth-order valence-corrected chi connectivity index (χ4v) is 4.42. The van der Waals surface area contributed by atoms with Crippen LogP contribution in [0.25, 0.3) is 0 Å². The molecule has 0 spiro atoms. The van der Waals surface area contributed by atoms with Gasteiger partial charge in [0.05, 0.1) is 0 Å². The zero-order chi connectivity index (χ0) is 20.9. The van der Waals surface area contributed by atoms with E-state index in [-0.39, 0.29) is 17.9 Å². The molecular formula is C21H30N4O2S2. The number of nitrogens with one attached hydrogen (secondary N) is 1. The summed E-state index contributed by atoms with van der Waals surface area (Å²) < 4.78 is 5.44. The average Bonchev–Trinajstić information content (AvgIpc) is 3.23. The summed E-state index contributed by atoms with van der Waals surface area (Å²) in [7, 11) is 0. The highest BCUT2D eigenvalue weighted by Gasteiger charge is 2.22. The Morgan fingerprint density at radius 3 is 2.76 bits per heavy atom. The molecule has 0 aliphatic rings. The third-order valence-corrected chi connectivity index (χ3v) is 6.36. The van der Waals surface area contributed by atoms with Crippen LogP contribution in [0.15, 0.2) is 39.8 Å². The molecule has 1 aromatic heterocycles. The number of carbonyl (C=O) groups is 1. The van der Waals surface area contributed by atoms with E-state index in [1.807, 2.05) is 50.0 Å². The van der Waals surface area contributed by atoms with Gasteiger partial charge in [-0.05, 0) is 36.9 Å². The molecule has 0 bridgehead atoms. The van der Waals surface area contributed by atoms with Crippen molar-refractivity contribution in [1.29, 1.82) is 0 Å². The lowest BCUT2D eigenvalue weighted by molar-refractivity contribution is 0.0933. The highest BCUT2D eigenvalue weighted by molar-refractivity contribution is 8.16. The summed E-state index contributed by atoms with van der Waals surface area (Å²) in [5.74, 6) is 2.87. The minimum atomic E-state index is -0.320. The first-order valence-corrected chi connectivity index (χ1v) is 12.3. The standard InChI is InChI=1S/C21H30N4O2S2/c1-4-11-22-12-8-13-28-15-29-14-18(21-24-19(16(2)3)25-27-21)23-20(26)17-9-6-5-7-10-17/h5-7,9-10,12,16,18H,4,8,11,13-15H2,1-3H3,(H,23,26)/t18-/m0/s1. The van der Waals surface area contributed by atoms with Crippen molar-refractivity contribution in [1.82, 2.24) is 15.5 Å². The molecule has 158 valence electrons. The first-order valence-electron chi connectivity index (χ1n) is 9.95. The normalized spacial score (nSPS) is 12.6. The van der Waals surface area contributed by atoms with Crippen LogP contribution in [0.1, 0.15) is 67.6 Å². The van der Waals surface area contributed by atoms with Crippen molar-refractivity contribution in [3.63, 3.8) is 0 Å². The molecule has 0 radical (unpaired) electrons. The number of rotatable bonds is 13. The van der Waals surface area contributed by atoms with Crippen molar-refractivity contribution in [2.45, 2.75) is 45.6 Å². The summed E-state index contributed by atoms with van der Waals surface area (Å²) in [6.07, 6.45) is 4.08. The topological polar surface area (TPSA) is 80.4 Å². The Kier molecular flexibility index (Phi) is 10.9. The van der Waals surface area contributed by atoms with Gasteiger partial charge < -0.3 is 9.84 Å². The van der Waals surface area contributed by atoms with Gasteiger partial charge in [0, 0.05) is 28.9 Å². The van der Waals surface area contributed by atoms with Crippen LogP contribution in [0.3, 0.4) is 0 Å². The van der Waals surface area contributed by atoms with E-state index in [2.05, 4.69) is 27.4 Å². The Labute approximate surface area is 181 Å². The van der Waals surface area contributed by atoms with Gasteiger partial charge >= 0.3 is 0 Å². The highest BCUT2D eigenvalue weighted by Crippen LogP contribution is 2.22. The maximum atomic E-state index is 12.6. The van der Waals surface area contributed by atoms with Gasteiger partial charge in [-0.2, -0.15) is 16.7 Å². The number of aliphatic imine (C=N–C) groups is 1. The van der Waals surface area contributed by atoms with Crippen LogP contribution in [-0.2, 0) is 0 Å². The number of nitrogens with zero attached hydrogens (tertiary/aromatic N) is 3. The molecule has 1 N–H and O–H groups in total. The molecule has 8 heteroatoms. The molecule has 0 aliphatic carbocycles. The third kappa shape index (κ3) is 8.62. The van der Waals surface area contributed by atoms with E-state index in [4.69, 9.17) is 4.52 Å². The maximum absolute atomic E-state index is 12.6. The predicted octanol–water partition coefficient (Wildman–Crippen LogP) is 4.96. The summed E-state index contributed by atoms with van der Waals surface area (Å²) >= 11 is 3.62. The molecule has 1 amide bonds. The lowest BCUT2D eigenvalue weighted by Crippen LogP contribution is -2.30. The van der Waals surface area contributed by atoms with Crippen LogP contribution in [0.2, 0.25) is 0 Å². The summed E-state index contributed by atoms with van der Waals surface area (Å²) in [4.78, 5) is 21.4. The molecule has 0 saturated heterocycles. The zero-order valence-corrected chi connectivity index (χ0v) is 19.0. The Bertz CT molecular complexity index is 750. The molecular weight excluding hydrogens is 404 g/mol. The second kappa shape index (κ2) is 13.4. The first kappa shape index (κ1) is 23.5. The molecule has 0 aliphatic heterocycles. The number of benzene rings is 1. The average molecular weight is 435 g/mol. The van der Waals surface area contributed by atoms with Crippen molar-refractivity contribution < 1.29 is 9.32 Å². The summed E-state index contributed by atoms with van der Waals surface area (Å²) in [5, 5.41) is 8.02. The Morgan fingerprint density at radius 1 is 1.28 bits per heavy atom. The largest absolute Gasteiger partial charge is 0.339 e. The maximum Gasteiger partial charge on any atom is 0.251 e. The fourth-order valence-electron chi connectivity index (χ4n) is 2.36. The van der Waals surface area contributed by atoms with Crippen molar-refractivity contribution in [3.05, 3.63) is 47.6 Å². The SMILES string of the molecule is CCCN=CCCSCSC[C@H](NC(=O)c1ccccc1)c1nc(C(C)C)no1. The fraction of sp³-hybridized carbons (Fsp3) is 0.524. The molecule has 2 aromatic rings. The van der Waals surface area contributed by atoms with E-state index in [9.17, 15) is 4.79 Å². The Hall–Kier alpha value is -1.80. The van der Waals surface area contributed by atoms with E-state index >= 15 is 0 Å². The molecule has 1 heterocycles. The monoisotopic (exact) mass is 434 g/mol. The Morgan fingerprint density at radius 2 is 2.07 bits per heavy atom. The molecule has 0 saturated carbocycles. The molecule has 0 unspecified atom stereocenters. The predicted molar refractivity (Wildman–Crippen MR) is 123 cm³/mol. The molecule has 6 nitrogen and oxygen atoms in total. The van der Waals surface area contributed by atoms with Gasteiger partial charge in [-0.15, -0.1) is 11.8 Å². The quantitative estimate of drug-likeness (QED) is 0.273. The van der Waals surface area contributed by atoms with Crippen LogP contribution >= 0.6 is 23.5 Å². The summed E-state index contributed by atoms with van der Waals surface area (Å²) in [5.41, 5.74) is 0.617. The van der Waals surface area contributed by atoms with Gasteiger partial charge in [0.15, 0.2) is 5.82 Å². The van der Waals surface area contributed by atoms with Crippen LogP contribution in [-0.4, -0.2) is 45.4 Å².